The molecule has 1 aliphatic heterocycles. The van der Waals surface area contributed by atoms with Crippen LogP contribution < -0.4 is 0 Å². The van der Waals surface area contributed by atoms with E-state index in [1.165, 1.54) is 27.7 Å². The van der Waals surface area contributed by atoms with Crippen molar-refractivity contribution in [3.63, 3.8) is 0 Å². The van der Waals surface area contributed by atoms with Gasteiger partial charge in [-0.3, -0.25) is 4.90 Å². The zero-order valence-electron chi connectivity index (χ0n) is 14.5. The number of rotatable bonds is 4. The molecule has 24 heavy (non-hydrogen) atoms. The SMILES string of the molecule is CCCc1ncc2c(n1)CCN(Cc1cn(C)c3ccccc13)C2. The molecule has 0 N–H and O–H groups in total. The third-order valence-electron chi connectivity index (χ3n) is 4.91. The van der Waals surface area contributed by atoms with Gasteiger partial charge in [0.25, 0.3) is 0 Å². The first kappa shape index (κ1) is 15.3. The minimum Gasteiger partial charge on any atom is -0.350 e. The molecular formula is C20H24N4. The fourth-order valence-corrected chi connectivity index (χ4v) is 3.69. The van der Waals surface area contributed by atoms with Crippen molar-refractivity contribution in [1.82, 2.24) is 19.4 Å². The molecule has 2 aromatic heterocycles. The van der Waals surface area contributed by atoms with Gasteiger partial charge in [-0.05, 0) is 18.1 Å². The summed E-state index contributed by atoms with van der Waals surface area (Å²) < 4.78 is 2.22. The molecule has 0 saturated heterocycles. The normalized spacial score (nSPS) is 14.9. The Morgan fingerprint density at radius 2 is 2.08 bits per heavy atom. The van der Waals surface area contributed by atoms with E-state index in [9.17, 15) is 0 Å². The van der Waals surface area contributed by atoms with Gasteiger partial charge in [-0.1, -0.05) is 25.1 Å². The molecule has 0 amide bonds. The van der Waals surface area contributed by atoms with E-state index < -0.39 is 0 Å². The molecule has 1 aromatic carbocycles. The summed E-state index contributed by atoms with van der Waals surface area (Å²) in [5.41, 5.74) is 5.25. The molecule has 4 nitrogen and oxygen atoms in total. The third kappa shape index (κ3) is 2.82. The number of para-hydroxylation sites is 1. The van der Waals surface area contributed by atoms with E-state index in [0.717, 1.165) is 44.7 Å². The lowest BCUT2D eigenvalue weighted by Gasteiger charge is -2.27. The minimum atomic E-state index is 0.949. The van der Waals surface area contributed by atoms with Gasteiger partial charge in [0.2, 0.25) is 0 Å². The quantitative estimate of drug-likeness (QED) is 0.738. The largest absolute Gasteiger partial charge is 0.350 e. The highest BCUT2D eigenvalue weighted by molar-refractivity contribution is 5.83. The summed E-state index contributed by atoms with van der Waals surface area (Å²) in [5.74, 6) is 0.999. The second kappa shape index (κ2) is 6.36. The summed E-state index contributed by atoms with van der Waals surface area (Å²) in [6.07, 6.45) is 7.42. The van der Waals surface area contributed by atoms with Gasteiger partial charge in [0, 0.05) is 74.1 Å². The Morgan fingerprint density at radius 3 is 2.96 bits per heavy atom. The molecule has 1 aliphatic rings. The van der Waals surface area contributed by atoms with Crippen LogP contribution in [0.3, 0.4) is 0 Å². The van der Waals surface area contributed by atoms with E-state index in [2.05, 4.69) is 58.9 Å². The predicted octanol–water partition coefficient (Wildman–Crippen LogP) is 3.48. The van der Waals surface area contributed by atoms with Crippen LogP contribution in [0.5, 0.6) is 0 Å². The highest BCUT2D eigenvalue weighted by atomic mass is 15.1. The highest BCUT2D eigenvalue weighted by Gasteiger charge is 2.19. The van der Waals surface area contributed by atoms with Gasteiger partial charge in [-0.25, -0.2) is 9.97 Å². The topological polar surface area (TPSA) is 34.0 Å². The minimum absolute atomic E-state index is 0.949. The standard InChI is InChI=1S/C20H24N4/c1-3-6-20-21-11-15-13-24(10-9-18(15)22-20)14-16-12-23(2)19-8-5-4-7-17(16)19/h4-5,7-8,11-12H,3,6,9-10,13-14H2,1-2H3. The van der Waals surface area contributed by atoms with Crippen LogP contribution >= 0.6 is 0 Å². The van der Waals surface area contributed by atoms with Gasteiger partial charge in [0.1, 0.15) is 5.82 Å². The maximum atomic E-state index is 4.76. The van der Waals surface area contributed by atoms with Crippen molar-refractivity contribution in [3.8, 4) is 0 Å². The first-order chi connectivity index (χ1) is 11.7. The highest BCUT2D eigenvalue weighted by Crippen LogP contribution is 2.24. The van der Waals surface area contributed by atoms with E-state index in [1.54, 1.807) is 0 Å². The van der Waals surface area contributed by atoms with Gasteiger partial charge >= 0.3 is 0 Å². The first-order valence-electron chi connectivity index (χ1n) is 8.83. The lowest BCUT2D eigenvalue weighted by molar-refractivity contribution is 0.243. The number of nitrogens with zero attached hydrogens (tertiary/aromatic N) is 4. The van der Waals surface area contributed by atoms with E-state index in [4.69, 9.17) is 4.98 Å². The average Bonchev–Trinajstić information content (AvgIpc) is 2.92. The van der Waals surface area contributed by atoms with Crippen LogP contribution in [0.4, 0.5) is 0 Å². The second-order valence-electron chi connectivity index (χ2n) is 6.75. The van der Waals surface area contributed by atoms with Crippen molar-refractivity contribution in [2.45, 2.75) is 39.3 Å². The van der Waals surface area contributed by atoms with Gasteiger partial charge in [0.05, 0.1) is 0 Å². The molecule has 0 bridgehead atoms. The number of fused-ring (bicyclic) bond motifs is 2. The molecular weight excluding hydrogens is 296 g/mol. The number of hydrogen-bond acceptors (Lipinski definition) is 3. The molecule has 3 heterocycles. The summed E-state index contributed by atoms with van der Waals surface area (Å²) >= 11 is 0. The molecule has 124 valence electrons. The molecule has 0 saturated carbocycles. The number of benzene rings is 1. The fourth-order valence-electron chi connectivity index (χ4n) is 3.69. The Balaban J connectivity index is 1.54. The average molecular weight is 320 g/mol. The van der Waals surface area contributed by atoms with E-state index >= 15 is 0 Å². The van der Waals surface area contributed by atoms with E-state index in [-0.39, 0.29) is 0 Å². The van der Waals surface area contributed by atoms with E-state index in [1.807, 2.05) is 6.20 Å². The lowest BCUT2D eigenvalue weighted by Crippen LogP contribution is -2.31. The van der Waals surface area contributed by atoms with Gasteiger partial charge in [-0.15, -0.1) is 0 Å². The second-order valence-corrected chi connectivity index (χ2v) is 6.75. The Kier molecular flexibility index (Phi) is 4.07. The summed E-state index contributed by atoms with van der Waals surface area (Å²) in [4.78, 5) is 11.8. The molecule has 3 aromatic rings. The summed E-state index contributed by atoms with van der Waals surface area (Å²) in [6.45, 7) is 5.18. The smallest absolute Gasteiger partial charge is 0.128 e. The molecule has 0 aliphatic carbocycles. The number of aromatic nitrogens is 3. The molecule has 0 unspecified atom stereocenters. The van der Waals surface area contributed by atoms with Crippen molar-refractivity contribution < 1.29 is 0 Å². The molecule has 0 radical (unpaired) electrons. The molecule has 0 atom stereocenters. The van der Waals surface area contributed by atoms with Crippen LogP contribution in [0.2, 0.25) is 0 Å². The van der Waals surface area contributed by atoms with Crippen LogP contribution in [0.25, 0.3) is 10.9 Å². The fraction of sp³-hybridized carbons (Fsp3) is 0.400. The number of aryl methyl sites for hydroxylation is 2. The Morgan fingerprint density at radius 1 is 1.21 bits per heavy atom. The third-order valence-corrected chi connectivity index (χ3v) is 4.91. The zero-order valence-corrected chi connectivity index (χ0v) is 14.5. The van der Waals surface area contributed by atoms with Gasteiger partial charge < -0.3 is 4.57 Å². The maximum Gasteiger partial charge on any atom is 0.128 e. The molecule has 0 fully saturated rings. The van der Waals surface area contributed by atoms with Crippen molar-refractivity contribution >= 4 is 10.9 Å². The molecule has 4 rings (SSSR count). The lowest BCUT2D eigenvalue weighted by atomic mass is 10.1. The monoisotopic (exact) mass is 320 g/mol. The maximum absolute atomic E-state index is 4.76. The van der Waals surface area contributed by atoms with Crippen LogP contribution in [-0.4, -0.2) is 26.0 Å². The van der Waals surface area contributed by atoms with Crippen molar-refractivity contribution in [1.29, 1.82) is 0 Å². The summed E-state index contributed by atoms with van der Waals surface area (Å²) in [6, 6.07) is 8.64. The summed E-state index contributed by atoms with van der Waals surface area (Å²) in [7, 11) is 2.13. The van der Waals surface area contributed by atoms with Gasteiger partial charge in [0.15, 0.2) is 0 Å². The molecule has 0 spiro atoms. The zero-order chi connectivity index (χ0) is 16.5. The van der Waals surface area contributed by atoms with Crippen LogP contribution in [0.1, 0.15) is 36.0 Å². The van der Waals surface area contributed by atoms with Crippen molar-refractivity contribution in [3.05, 3.63) is 59.3 Å². The Bertz CT molecular complexity index is 865. The van der Waals surface area contributed by atoms with Gasteiger partial charge in [-0.2, -0.15) is 0 Å². The summed E-state index contributed by atoms with van der Waals surface area (Å²) in [5, 5.41) is 1.36. The molecule has 4 heteroatoms. The van der Waals surface area contributed by atoms with Crippen molar-refractivity contribution in [2.75, 3.05) is 6.54 Å². The van der Waals surface area contributed by atoms with E-state index in [0.29, 0.717) is 0 Å². The Labute approximate surface area is 143 Å². The van der Waals surface area contributed by atoms with Crippen LogP contribution in [0.15, 0.2) is 36.7 Å². The van der Waals surface area contributed by atoms with Crippen molar-refractivity contribution in [2.24, 2.45) is 7.05 Å². The number of hydrogen-bond donors (Lipinski definition) is 0. The van der Waals surface area contributed by atoms with Crippen LogP contribution in [-0.2, 0) is 33.0 Å². The Hall–Kier alpha value is -2.20. The predicted molar refractivity (Wildman–Crippen MR) is 96.8 cm³/mol. The van der Waals surface area contributed by atoms with Crippen LogP contribution in [0, 0.1) is 0 Å². The first-order valence-corrected chi connectivity index (χ1v) is 8.83.